The Morgan fingerprint density at radius 3 is 2.05 bits per heavy atom. The first-order valence-electron chi connectivity index (χ1n) is 18.5. The van der Waals surface area contributed by atoms with E-state index in [9.17, 15) is 0 Å². The molecule has 0 saturated carbocycles. The maximum Gasteiger partial charge on any atom is 0.136 e. The summed E-state index contributed by atoms with van der Waals surface area (Å²) in [5.74, 6) is 0. The van der Waals surface area contributed by atoms with Gasteiger partial charge in [-0.2, -0.15) is 0 Å². The van der Waals surface area contributed by atoms with E-state index in [1.807, 2.05) is 36.7 Å². The van der Waals surface area contributed by atoms with Crippen molar-refractivity contribution in [3.63, 3.8) is 0 Å². The molecule has 9 rings (SSSR count). The van der Waals surface area contributed by atoms with E-state index in [4.69, 9.17) is 4.42 Å². The molecule has 9 aromatic rings. The Kier molecular flexibility index (Phi) is 10.9. The van der Waals surface area contributed by atoms with E-state index >= 15 is 0 Å². The molecule has 0 spiro atoms. The Hall–Kier alpha value is -5.67. The summed E-state index contributed by atoms with van der Waals surface area (Å²) in [6.07, 6.45) is 4.86. The molecule has 0 amide bonds. The van der Waals surface area contributed by atoms with Crippen molar-refractivity contribution in [2.45, 2.75) is 41.0 Å². The van der Waals surface area contributed by atoms with Gasteiger partial charge >= 0.3 is 0 Å². The predicted molar refractivity (Wildman–Crippen MR) is 225 cm³/mol. The molecular formula is C51H42IrN2O-2. The van der Waals surface area contributed by atoms with E-state index in [2.05, 4.69) is 172 Å². The van der Waals surface area contributed by atoms with Crippen LogP contribution in [0, 0.1) is 31.4 Å². The Morgan fingerprint density at radius 1 is 0.582 bits per heavy atom. The first-order chi connectivity index (χ1) is 26.2. The average Bonchev–Trinajstić information content (AvgIpc) is 3.58. The molecule has 4 heteroatoms. The monoisotopic (exact) mass is 891 g/mol. The number of pyridine rings is 2. The zero-order chi connectivity index (χ0) is 37.2. The molecule has 0 aliphatic rings. The molecule has 0 aliphatic carbocycles. The number of aromatic nitrogens is 2. The van der Waals surface area contributed by atoms with Crippen LogP contribution in [0.5, 0.6) is 0 Å². The van der Waals surface area contributed by atoms with Crippen molar-refractivity contribution in [1.82, 2.24) is 9.97 Å². The van der Waals surface area contributed by atoms with E-state index in [-0.39, 0.29) is 25.5 Å². The number of furan rings is 1. The molecule has 3 nitrogen and oxygen atoms in total. The van der Waals surface area contributed by atoms with Crippen molar-refractivity contribution < 1.29 is 24.5 Å². The Morgan fingerprint density at radius 2 is 1.31 bits per heavy atom. The second kappa shape index (κ2) is 16.0. The molecule has 0 unspecified atom stereocenters. The second-order valence-corrected chi connectivity index (χ2v) is 15.2. The first-order valence-corrected chi connectivity index (χ1v) is 18.5. The molecule has 3 aromatic heterocycles. The minimum atomic E-state index is 0. The molecule has 1 radical (unpaired) electrons. The van der Waals surface area contributed by atoms with Crippen molar-refractivity contribution in [3.8, 4) is 44.8 Å². The molecule has 0 saturated heterocycles. The molecule has 6 aromatic carbocycles. The number of hydrogen-bond donors (Lipinski definition) is 0. The van der Waals surface area contributed by atoms with Crippen LogP contribution in [0.1, 0.15) is 37.5 Å². The maximum absolute atomic E-state index is 6.10. The summed E-state index contributed by atoms with van der Waals surface area (Å²) in [6, 6.07) is 55.2. The number of fused-ring (bicyclic) bond motifs is 5. The summed E-state index contributed by atoms with van der Waals surface area (Å²) in [7, 11) is 0. The van der Waals surface area contributed by atoms with Crippen molar-refractivity contribution >= 4 is 32.7 Å². The SMILES string of the molecule is CC(C)(C)Cc1ccnc(-c2[c-]cc(-c3cccc4c3ccc3oc5ccccc5c34)cc2)c1.Cc1c[c-]c(-c2cc(-c3ccccc3)c(C)cn2)cc1.[Ir]. The van der Waals surface area contributed by atoms with Gasteiger partial charge in [0.25, 0.3) is 0 Å². The Labute approximate surface area is 337 Å². The van der Waals surface area contributed by atoms with Gasteiger partial charge in [0.15, 0.2) is 0 Å². The third kappa shape index (κ3) is 8.22. The van der Waals surface area contributed by atoms with Gasteiger partial charge in [0.05, 0.1) is 0 Å². The zero-order valence-corrected chi connectivity index (χ0v) is 34.2. The van der Waals surface area contributed by atoms with Gasteiger partial charge in [0, 0.05) is 43.3 Å². The Bertz CT molecular complexity index is 2720. The fraction of sp³-hybridized carbons (Fsp3) is 0.137. The van der Waals surface area contributed by atoms with Crippen LogP contribution in [0.25, 0.3) is 77.5 Å². The van der Waals surface area contributed by atoms with Crippen LogP contribution < -0.4 is 0 Å². The van der Waals surface area contributed by atoms with Crippen LogP contribution >= 0.6 is 0 Å². The standard InChI is InChI=1S/C32H26NO.C19H16N.Ir/c1-32(2,3)20-21-17-18-33-28(19-21)23-13-11-22(12-14-23)24-8-6-9-26-25(24)15-16-30-31(26)27-7-4-5-10-29(27)34-30;1-14-8-10-17(11-9-14)19-12-18(15(2)13-20-19)16-6-4-3-5-7-16;/h4-13,15-19H,20H2,1-3H3;3-10,12-13H,1-2H3;/q2*-1;. The normalized spacial score (nSPS) is 11.3. The van der Waals surface area contributed by atoms with E-state index in [1.165, 1.54) is 49.5 Å². The van der Waals surface area contributed by atoms with Crippen molar-refractivity contribution in [2.75, 3.05) is 0 Å². The molecule has 0 N–H and O–H groups in total. The van der Waals surface area contributed by atoms with Gasteiger partial charge < -0.3 is 14.4 Å². The van der Waals surface area contributed by atoms with Crippen LogP contribution in [0.15, 0.2) is 156 Å². The van der Waals surface area contributed by atoms with Gasteiger partial charge in [0.1, 0.15) is 11.2 Å². The van der Waals surface area contributed by atoms with E-state index in [1.54, 1.807) is 0 Å². The van der Waals surface area contributed by atoms with Gasteiger partial charge in [-0.1, -0.05) is 129 Å². The molecule has 0 atom stereocenters. The summed E-state index contributed by atoms with van der Waals surface area (Å²) < 4.78 is 6.10. The quantitative estimate of drug-likeness (QED) is 0.162. The largest absolute Gasteiger partial charge is 0.456 e. The Balaban J connectivity index is 0.000000190. The maximum atomic E-state index is 6.10. The number of aryl methyl sites for hydroxylation is 2. The summed E-state index contributed by atoms with van der Waals surface area (Å²) in [5.41, 5.74) is 14.6. The summed E-state index contributed by atoms with van der Waals surface area (Å²) in [5, 5.41) is 4.76. The topological polar surface area (TPSA) is 38.9 Å². The van der Waals surface area contributed by atoms with Crippen LogP contribution in [0.2, 0.25) is 0 Å². The van der Waals surface area contributed by atoms with Crippen LogP contribution in [0.3, 0.4) is 0 Å². The number of para-hydroxylation sites is 1. The minimum absolute atomic E-state index is 0. The molecule has 273 valence electrons. The smallest absolute Gasteiger partial charge is 0.136 e. The third-order valence-corrected chi connectivity index (χ3v) is 9.79. The number of nitrogens with zero attached hydrogens (tertiary/aromatic N) is 2. The average molecular weight is 891 g/mol. The van der Waals surface area contributed by atoms with Crippen molar-refractivity contribution in [3.05, 3.63) is 181 Å². The van der Waals surface area contributed by atoms with Crippen molar-refractivity contribution in [1.29, 1.82) is 0 Å². The summed E-state index contributed by atoms with van der Waals surface area (Å²) in [6.45, 7) is 10.9. The van der Waals surface area contributed by atoms with Crippen LogP contribution in [-0.4, -0.2) is 9.97 Å². The van der Waals surface area contributed by atoms with Gasteiger partial charge in [0.2, 0.25) is 0 Å². The van der Waals surface area contributed by atoms with Gasteiger partial charge in [-0.3, -0.25) is 0 Å². The van der Waals surface area contributed by atoms with Gasteiger partial charge in [-0.25, -0.2) is 0 Å². The van der Waals surface area contributed by atoms with E-state index < -0.39 is 0 Å². The third-order valence-electron chi connectivity index (χ3n) is 9.79. The molecule has 0 aliphatic heterocycles. The fourth-order valence-corrected chi connectivity index (χ4v) is 7.19. The number of rotatable bonds is 5. The van der Waals surface area contributed by atoms with Crippen molar-refractivity contribution in [2.24, 2.45) is 5.41 Å². The van der Waals surface area contributed by atoms with E-state index in [0.717, 1.165) is 51.1 Å². The second-order valence-electron chi connectivity index (χ2n) is 15.2. The number of benzene rings is 6. The van der Waals surface area contributed by atoms with Gasteiger partial charge in [-0.05, 0) is 75.8 Å². The summed E-state index contributed by atoms with van der Waals surface area (Å²) >= 11 is 0. The molecule has 0 fully saturated rings. The molecule has 55 heavy (non-hydrogen) atoms. The van der Waals surface area contributed by atoms with Crippen LogP contribution in [0.4, 0.5) is 0 Å². The van der Waals surface area contributed by atoms with Crippen LogP contribution in [-0.2, 0) is 26.5 Å². The summed E-state index contributed by atoms with van der Waals surface area (Å²) in [4.78, 5) is 9.14. The number of hydrogen-bond acceptors (Lipinski definition) is 3. The first kappa shape index (κ1) is 37.6. The molecule has 0 bridgehead atoms. The van der Waals surface area contributed by atoms with Gasteiger partial charge in [-0.15, -0.1) is 65.2 Å². The van der Waals surface area contributed by atoms with E-state index in [0.29, 0.717) is 0 Å². The molecular weight excluding hydrogens is 849 g/mol. The molecule has 3 heterocycles. The predicted octanol–water partition coefficient (Wildman–Crippen LogP) is 13.7. The zero-order valence-electron chi connectivity index (χ0n) is 31.8. The fourth-order valence-electron chi connectivity index (χ4n) is 7.19. The minimum Gasteiger partial charge on any atom is -0.456 e.